The van der Waals surface area contributed by atoms with Gasteiger partial charge in [0.1, 0.15) is 30.0 Å². The summed E-state index contributed by atoms with van der Waals surface area (Å²) < 4.78 is 57.4. The Morgan fingerprint density at radius 2 is 1.44 bits per heavy atom. The second kappa shape index (κ2) is 17.8. The zero-order valence-corrected chi connectivity index (χ0v) is 34.7. The van der Waals surface area contributed by atoms with E-state index in [1.54, 1.807) is 17.8 Å². The molecule has 8 rings (SSSR count). The minimum atomic E-state index is -3.94. The van der Waals surface area contributed by atoms with Gasteiger partial charge in [-0.25, -0.2) is 28.1 Å². The topological polar surface area (TPSA) is 119 Å². The number of aromatic nitrogens is 7. The Hall–Kier alpha value is -6.58. The van der Waals surface area contributed by atoms with E-state index in [1.807, 2.05) is 92.7 Å². The number of aliphatic hydroxyl groups is 1. The minimum Gasteiger partial charge on any atom is -0.377 e. The van der Waals surface area contributed by atoms with Crippen molar-refractivity contribution in [3.05, 3.63) is 173 Å². The molecule has 0 spiro atoms. The van der Waals surface area contributed by atoms with Crippen LogP contribution in [0, 0.1) is 12.7 Å². The van der Waals surface area contributed by atoms with Crippen LogP contribution >= 0.6 is 0 Å². The Kier molecular flexibility index (Phi) is 12.1. The van der Waals surface area contributed by atoms with Gasteiger partial charge in [-0.2, -0.15) is 19.0 Å². The van der Waals surface area contributed by atoms with Crippen molar-refractivity contribution in [1.29, 1.82) is 0 Å². The Morgan fingerprint density at radius 3 is 2.03 bits per heavy atom. The summed E-state index contributed by atoms with van der Waals surface area (Å²) in [6.45, 7) is 8.50. The summed E-state index contributed by atoms with van der Waals surface area (Å²) in [6, 6.07) is 32.8. The molecule has 1 fully saturated rings. The third-order valence-corrected chi connectivity index (χ3v) is 11.8. The van der Waals surface area contributed by atoms with Crippen molar-refractivity contribution in [2.45, 2.75) is 64.0 Å². The van der Waals surface area contributed by atoms with Gasteiger partial charge in [0.2, 0.25) is 0 Å². The van der Waals surface area contributed by atoms with Crippen molar-refractivity contribution in [3.63, 3.8) is 0 Å². The first-order chi connectivity index (χ1) is 29.9. The molecule has 320 valence electrons. The van der Waals surface area contributed by atoms with Crippen molar-refractivity contribution in [3.8, 4) is 16.8 Å². The van der Waals surface area contributed by atoms with Gasteiger partial charge in [-0.1, -0.05) is 67.6 Å². The minimum absolute atomic E-state index is 0.213. The number of rotatable bonds is 15. The molecule has 1 aliphatic rings. The van der Waals surface area contributed by atoms with Crippen LogP contribution < -0.4 is 15.5 Å². The standard InChI is InChI=1S/C47H48F3N9O3/c1-4-43(33(2)62-29-35-9-6-5-7-10-35)59-45(60)57(32-54-59)42-20-18-41(19-21-42)56-25-23-55(24-26-56)40-16-13-36(14-17-40)37-15-22-44(51-28-37)47(49,50)46(61,30-58-34(3)52-31-53-58)38-11-8-12-39(48)27-38/h5-22,27-28,31-33,43,61H,4,23-26,29-30H2,1-3H3/t33-,43-,46?/m0/s1. The molecule has 0 saturated carbocycles. The Labute approximate surface area is 357 Å². The van der Waals surface area contributed by atoms with Crippen LogP contribution in [0.1, 0.15) is 49.0 Å². The second-order valence-electron chi connectivity index (χ2n) is 15.6. The first-order valence-corrected chi connectivity index (χ1v) is 20.6. The van der Waals surface area contributed by atoms with Gasteiger partial charge in [0.05, 0.1) is 31.0 Å². The smallest absolute Gasteiger partial charge is 0.350 e. The van der Waals surface area contributed by atoms with E-state index in [1.165, 1.54) is 41.5 Å². The highest BCUT2D eigenvalue weighted by atomic mass is 19.3. The van der Waals surface area contributed by atoms with Crippen molar-refractivity contribution >= 4 is 11.4 Å². The van der Waals surface area contributed by atoms with E-state index in [0.29, 0.717) is 24.4 Å². The maximum atomic E-state index is 16.4. The number of piperazine rings is 1. The summed E-state index contributed by atoms with van der Waals surface area (Å²) in [5.74, 6) is -4.39. The van der Waals surface area contributed by atoms with Gasteiger partial charge in [-0.15, -0.1) is 0 Å². The molecule has 7 aromatic rings. The van der Waals surface area contributed by atoms with Gasteiger partial charge < -0.3 is 19.6 Å². The summed E-state index contributed by atoms with van der Waals surface area (Å²) in [7, 11) is 0. The molecule has 1 saturated heterocycles. The van der Waals surface area contributed by atoms with Crippen molar-refractivity contribution < 1.29 is 23.0 Å². The van der Waals surface area contributed by atoms with Gasteiger partial charge in [-0.05, 0) is 91.6 Å². The SMILES string of the molecule is CC[C@@H]([C@H](C)OCc1ccccc1)n1ncn(-c2ccc(N3CCN(c4ccc(-c5ccc(C(F)(F)C(O)(Cn6ncnc6C)c6cccc(F)c6)nc5)cc4)CC3)cc2)c1=O. The molecule has 12 nitrogen and oxygen atoms in total. The molecule has 0 aliphatic carbocycles. The molecule has 0 amide bonds. The monoisotopic (exact) mass is 843 g/mol. The fourth-order valence-corrected chi connectivity index (χ4v) is 8.02. The third-order valence-electron chi connectivity index (χ3n) is 11.8. The lowest BCUT2D eigenvalue weighted by atomic mass is 9.84. The van der Waals surface area contributed by atoms with Gasteiger partial charge in [0.25, 0.3) is 0 Å². The van der Waals surface area contributed by atoms with Gasteiger partial charge >= 0.3 is 11.6 Å². The molecule has 15 heteroatoms. The van der Waals surface area contributed by atoms with Gasteiger partial charge in [-0.3, -0.25) is 4.98 Å². The zero-order valence-electron chi connectivity index (χ0n) is 34.7. The summed E-state index contributed by atoms with van der Waals surface area (Å²) in [6.07, 6.45) is 4.60. The normalized spacial score (nSPS) is 15.3. The summed E-state index contributed by atoms with van der Waals surface area (Å²) >= 11 is 0. The number of anilines is 2. The fourth-order valence-electron chi connectivity index (χ4n) is 8.02. The highest BCUT2D eigenvalue weighted by Crippen LogP contribution is 2.46. The van der Waals surface area contributed by atoms with E-state index in [9.17, 15) is 14.3 Å². The molecular formula is C47H48F3N9O3. The summed E-state index contributed by atoms with van der Waals surface area (Å²) in [5, 5.41) is 20.1. The predicted molar refractivity (Wildman–Crippen MR) is 231 cm³/mol. The summed E-state index contributed by atoms with van der Waals surface area (Å²) in [5.41, 5.74) is 1.22. The molecule has 0 radical (unpaired) electrons. The number of hydrogen-bond donors (Lipinski definition) is 1. The molecular weight excluding hydrogens is 796 g/mol. The van der Waals surface area contributed by atoms with Crippen LogP contribution in [0.4, 0.5) is 24.5 Å². The number of halogens is 3. The third kappa shape index (κ3) is 8.50. The molecule has 1 aliphatic heterocycles. The predicted octanol–water partition coefficient (Wildman–Crippen LogP) is 7.70. The number of aryl methyl sites for hydroxylation is 1. The molecule has 3 atom stereocenters. The molecule has 4 heterocycles. The van der Waals surface area contributed by atoms with Gasteiger partial charge in [0.15, 0.2) is 5.60 Å². The quantitative estimate of drug-likeness (QED) is 0.111. The molecule has 1 unspecified atom stereocenters. The molecule has 0 bridgehead atoms. The number of pyridine rings is 1. The first-order valence-electron chi connectivity index (χ1n) is 20.6. The van der Waals surface area contributed by atoms with E-state index in [4.69, 9.17) is 4.74 Å². The lowest BCUT2D eigenvalue weighted by molar-refractivity contribution is -0.206. The highest BCUT2D eigenvalue weighted by molar-refractivity contribution is 5.66. The lowest BCUT2D eigenvalue weighted by Crippen LogP contribution is -2.47. The number of alkyl halides is 2. The van der Waals surface area contributed by atoms with E-state index in [2.05, 4.69) is 30.0 Å². The number of nitrogens with zero attached hydrogens (tertiary/aromatic N) is 9. The Bertz CT molecular complexity index is 2630. The van der Waals surface area contributed by atoms with Crippen LogP contribution in [0.3, 0.4) is 0 Å². The zero-order chi connectivity index (χ0) is 43.4. The summed E-state index contributed by atoms with van der Waals surface area (Å²) in [4.78, 5) is 26.2. The van der Waals surface area contributed by atoms with E-state index >= 15 is 8.78 Å². The first kappa shape index (κ1) is 42.1. The van der Waals surface area contributed by atoms with Crippen LogP contribution in [0.25, 0.3) is 16.8 Å². The number of hydrogen-bond acceptors (Lipinski definition) is 9. The molecule has 1 N–H and O–H groups in total. The van der Waals surface area contributed by atoms with Crippen LogP contribution in [0.5, 0.6) is 0 Å². The highest BCUT2D eigenvalue weighted by Gasteiger charge is 2.57. The largest absolute Gasteiger partial charge is 0.377 e. The fraction of sp³-hybridized carbons (Fsp3) is 0.298. The lowest BCUT2D eigenvalue weighted by Gasteiger charge is -2.37. The Morgan fingerprint density at radius 1 is 0.790 bits per heavy atom. The van der Waals surface area contributed by atoms with E-state index in [-0.39, 0.29) is 23.4 Å². The maximum Gasteiger partial charge on any atom is 0.350 e. The number of ether oxygens (including phenoxy) is 1. The van der Waals surface area contributed by atoms with E-state index < -0.39 is 29.6 Å². The average molecular weight is 844 g/mol. The molecule has 3 aromatic heterocycles. The van der Waals surface area contributed by atoms with Crippen LogP contribution in [-0.2, 0) is 29.4 Å². The van der Waals surface area contributed by atoms with Crippen LogP contribution in [0.2, 0.25) is 0 Å². The molecule has 62 heavy (non-hydrogen) atoms. The van der Waals surface area contributed by atoms with Crippen molar-refractivity contribution in [1.82, 2.24) is 34.1 Å². The molecule has 4 aromatic carbocycles. The number of benzene rings is 4. The van der Waals surface area contributed by atoms with Crippen molar-refractivity contribution in [2.75, 3.05) is 36.0 Å². The van der Waals surface area contributed by atoms with Crippen LogP contribution in [0.15, 0.2) is 139 Å². The maximum absolute atomic E-state index is 16.4. The van der Waals surface area contributed by atoms with Crippen molar-refractivity contribution in [2.24, 2.45) is 0 Å². The van der Waals surface area contributed by atoms with Crippen LogP contribution in [-0.4, -0.2) is 71.5 Å². The average Bonchev–Trinajstić information content (AvgIpc) is 3.89. The Balaban J connectivity index is 0.885. The van der Waals surface area contributed by atoms with E-state index in [0.717, 1.165) is 71.2 Å². The van der Waals surface area contributed by atoms with Gasteiger partial charge in [0, 0.05) is 49.3 Å². The second-order valence-corrected chi connectivity index (χ2v) is 15.6.